The summed E-state index contributed by atoms with van der Waals surface area (Å²) in [5.41, 5.74) is 0.922. The highest BCUT2D eigenvalue weighted by Crippen LogP contribution is 2.10. The number of nitriles is 1. The number of benzene rings is 1. The highest BCUT2D eigenvalue weighted by molar-refractivity contribution is 7.88. The minimum absolute atomic E-state index is 0.164. The Morgan fingerprint density at radius 2 is 2.00 bits per heavy atom. The lowest BCUT2D eigenvalue weighted by Crippen LogP contribution is -2.32. The largest absolute Gasteiger partial charge is 0.316 e. The van der Waals surface area contributed by atoms with Gasteiger partial charge in [0.25, 0.3) is 0 Å². The molecule has 0 aliphatic heterocycles. The first-order chi connectivity index (χ1) is 8.59. The van der Waals surface area contributed by atoms with E-state index in [9.17, 15) is 8.42 Å². The van der Waals surface area contributed by atoms with Crippen LogP contribution in [0, 0.1) is 11.3 Å². The third-order valence-corrected chi connectivity index (χ3v) is 3.69. The molecule has 1 aromatic rings. The Morgan fingerprint density at radius 3 is 2.67 bits per heavy atom. The molecule has 18 heavy (non-hydrogen) atoms. The van der Waals surface area contributed by atoms with Gasteiger partial charge in [-0.1, -0.05) is 25.1 Å². The fraction of sp³-hybridized carbons (Fsp3) is 0.417. The SMILES string of the molecule is CCNCCNS(=O)(=O)Cc1ccccc1C#N. The van der Waals surface area contributed by atoms with Gasteiger partial charge in [-0.05, 0) is 18.2 Å². The maximum atomic E-state index is 11.8. The lowest BCUT2D eigenvalue weighted by molar-refractivity contribution is 0.576. The second kappa shape index (κ2) is 7.11. The Balaban J connectivity index is 2.63. The van der Waals surface area contributed by atoms with Gasteiger partial charge in [-0.25, -0.2) is 13.1 Å². The summed E-state index contributed by atoms with van der Waals surface area (Å²) in [6.45, 7) is 3.71. The summed E-state index contributed by atoms with van der Waals surface area (Å²) >= 11 is 0. The number of nitrogens with zero attached hydrogens (tertiary/aromatic N) is 1. The molecule has 0 bridgehead atoms. The lowest BCUT2D eigenvalue weighted by atomic mass is 10.1. The lowest BCUT2D eigenvalue weighted by Gasteiger charge is -2.08. The maximum absolute atomic E-state index is 11.8. The number of rotatable bonds is 7. The topological polar surface area (TPSA) is 82.0 Å². The number of nitrogens with one attached hydrogen (secondary N) is 2. The third kappa shape index (κ3) is 4.84. The summed E-state index contributed by atoms with van der Waals surface area (Å²) in [6, 6.07) is 8.70. The van der Waals surface area contributed by atoms with Gasteiger partial charge in [-0.2, -0.15) is 5.26 Å². The fourth-order valence-corrected chi connectivity index (χ4v) is 2.66. The first-order valence-corrected chi connectivity index (χ1v) is 7.40. The Hall–Kier alpha value is -1.42. The van der Waals surface area contributed by atoms with Gasteiger partial charge in [-0.15, -0.1) is 0 Å². The highest BCUT2D eigenvalue weighted by Gasteiger charge is 2.13. The van der Waals surface area contributed by atoms with E-state index in [1.165, 1.54) is 0 Å². The molecular formula is C12H17N3O2S. The average Bonchev–Trinajstić information content (AvgIpc) is 2.35. The highest BCUT2D eigenvalue weighted by atomic mass is 32.2. The van der Waals surface area contributed by atoms with E-state index in [0.29, 0.717) is 24.2 Å². The van der Waals surface area contributed by atoms with Crippen molar-refractivity contribution in [3.8, 4) is 6.07 Å². The zero-order chi connectivity index (χ0) is 13.4. The number of hydrogen-bond donors (Lipinski definition) is 2. The molecular weight excluding hydrogens is 250 g/mol. The monoisotopic (exact) mass is 267 g/mol. The summed E-state index contributed by atoms with van der Waals surface area (Å²) < 4.78 is 26.1. The van der Waals surface area contributed by atoms with Crippen LogP contribution in [-0.2, 0) is 15.8 Å². The predicted molar refractivity (Wildman–Crippen MR) is 70.3 cm³/mol. The molecule has 0 radical (unpaired) electrons. The van der Waals surface area contributed by atoms with E-state index in [1.54, 1.807) is 24.3 Å². The van der Waals surface area contributed by atoms with Crippen LogP contribution in [0.25, 0.3) is 0 Å². The first kappa shape index (κ1) is 14.6. The molecule has 0 atom stereocenters. The van der Waals surface area contributed by atoms with E-state index >= 15 is 0 Å². The second-order valence-electron chi connectivity index (χ2n) is 3.78. The van der Waals surface area contributed by atoms with Crippen molar-refractivity contribution in [2.75, 3.05) is 19.6 Å². The van der Waals surface area contributed by atoms with E-state index < -0.39 is 10.0 Å². The molecule has 0 aliphatic carbocycles. The van der Waals surface area contributed by atoms with Crippen LogP contribution in [0.2, 0.25) is 0 Å². The summed E-state index contributed by atoms with van der Waals surface area (Å²) in [7, 11) is -3.39. The summed E-state index contributed by atoms with van der Waals surface area (Å²) in [4.78, 5) is 0. The minimum Gasteiger partial charge on any atom is -0.316 e. The third-order valence-electron chi connectivity index (χ3n) is 2.36. The molecule has 0 saturated heterocycles. The maximum Gasteiger partial charge on any atom is 0.215 e. The average molecular weight is 267 g/mol. The van der Waals surface area contributed by atoms with Crippen LogP contribution in [0.4, 0.5) is 0 Å². The summed E-state index contributed by atoms with van der Waals surface area (Å²) in [6.07, 6.45) is 0. The van der Waals surface area contributed by atoms with Crippen LogP contribution in [-0.4, -0.2) is 28.1 Å². The van der Waals surface area contributed by atoms with Crippen molar-refractivity contribution in [3.05, 3.63) is 35.4 Å². The first-order valence-electron chi connectivity index (χ1n) is 5.75. The van der Waals surface area contributed by atoms with Crippen molar-refractivity contribution < 1.29 is 8.42 Å². The summed E-state index contributed by atoms with van der Waals surface area (Å²) in [5.74, 6) is -0.164. The van der Waals surface area contributed by atoms with Gasteiger partial charge in [0.15, 0.2) is 0 Å². The molecule has 5 nitrogen and oxygen atoms in total. The molecule has 0 spiro atoms. The van der Waals surface area contributed by atoms with Gasteiger partial charge >= 0.3 is 0 Å². The van der Waals surface area contributed by atoms with Crippen molar-refractivity contribution in [2.45, 2.75) is 12.7 Å². The van der Waals surface area contributed by atoms with Crippen molar-refractivity contribution in [1.29, 1.82) is 5.26 Å². The van der Waals surface area contributed by atoms with Gasteiger partial charge in [0.05, 0.1) is 17.4 Å². The van der Waals surface area contributed by atoms with Crippen LogP contribution in [0.15, 0.2) is 24.3 Å². The molecule has 0 unspecified atom stereocenters. The second-order valence-corrected chi connectivity index (χ2v) is 5.58. The van der Waals surface area contributed by atoms with E-state index in [2.05, 4.69) is 10.0 Å². The van der Waals surface area contributed by atoms with Gasteiger partial charge in [0.2, 0.25) is 10.0 Å². The van der Waals surface area contributed by atoms with E-state index in [0.717, 1.165) is 6.54 Å². The summed E-state index contributed by atoms with van der Waals surface area (Å²) in [5, 5.41) is 11.9. The molecule has 0 aromatic heterocycles. The number of hydrogen-bond acceptors (Lipinski definition) is 4. The molecule has 1 aromatic carbocycles. The number of sulfonamides is 1. The van der Waals surface area contributed by atoms with Crippen molar-refractivity contribution in [1.82, 2.24) is 10.0 Å². The molecule has 0 aliphatic rings. The molecule has 0 fully saturated rings. The molecule has 0 heterocycles. The zero-order valence-corrected chi connectivity index (χ0v) is 11.1. The standard InChI is InChI=1S/C12H17N3O2S/c1-2-14-7-8-15-18(16,17)10-12-6-4-3-5-11(12)9-13/h3-6,14-15H,2,7-8,10H2,1H3. The van der Waals surface area contributed by atoms with Crippen LogP contribution >= 0.6 is 0 Å². The predicted octanol–water partition coefficient (Wildman–Crippen LogP) is 0.587. The smallest absolute Gasteiger partial charge is 0.215 e. The van der Waals surface area contributed by atoms with E-state index in [4.69, 9.17) is 5.26 Å². The molecule has 6 heteroatoms. The Bertz CT molecular complexity index is 520. The van der Waals surface area contributed by atoms with Gasteiger partial charge in [-0.3, -0.25) is 0 Å². The molecule has 0 amide bonds. The van der Waals surface area contributed by atoms with Crippen molar-refractivity contribution in [3.63, 3.8) is 0 Å². The Morgan fingerprint density at radius 1 is 1.28 bits per heavy atom. The quantitative estimate of drug-likeness (QED) is 0.708. The van der Waals surface area contributed by atoms with Gasteiger partial charge in [0.1, 0.15) is 0 Å². The molecule has 0 saturated carbocycles. The van der Waals surface area contributed by atoms with Gasteiger partial charge in [0, 0.05) is 13.1 Å². The van der Waals surface area contributed by atoms with Gasteiger partial charge < -0.3 is 5.32 Å². The van der Waals surface area contributed by atoms with E-state index in [-0.39, 0.29) is 5.75 Å². The normalized spacial score (nSPS) is 11.1. The zero-order valence-electron chi connectivity index (χ0n) is 10.3. The molecule has 2 N–H and O–H groups in total. The van der Waals surface area contributed by atoms with Crippen LogP contribution in [0.3, 0.4) is 0 Å². The fourth-order valence-electron chi connectivity index (χ4n) is 1.48. The minimum atomic E-state index is -3.39. The van der Waals surface area contributed by atoms with Crippen molar-refractivity contribution in [2.24, 2.45) is 0 Å². The Labute approximate surface area is 108 Å². The number of likely N-dealkylation sites (N-methyl/N-ethyl adjacent to an activating group) is 1. The van der Waals surface area contributed by atoms with Crippen LogP contribution in [0.1, 0.15) is 18.1 Å². The van der Waals surface area contributed by atoms with Crippen LogP contribution in [0.5, 0.6) is 0 Å². The Kier molecular flexibility index (Phi) is 5.78. The molecule has 1 rings (SSSR count). The molecule has 98 valence electrons. The van der Waals surface area contributed by atoms with Crippen LogP contribution < -0.4 is 10.0 Å². The van der Waals surface area contributed by atoms with E-state index in [1.807, 2.05) is 13.0 Å². The van der Waals surface area contributed by atoms with Crippen molar-refractivity contribution >= 4 is 10.0 Å².